The highest BCUT2D eigenvalue weighted by molar-refractivity contribution is 5.15. The molecule has 0 radical (unpaired) electrons. The van der Waals surface area contributed by atoms with Crippen LogP contribution in [-0.2, 0) is 50.0 Å². The fourth-order valence-corrected chi connectivity index (χ4v) is 4.86. The minimum atomic E-state index is -0.806. The molecule has 0 spiro atoms. The van der Waals surface area contributed by atoms with Crippen LogP contribution in [0.5, 0.6) is 0 Å². The molecule has 2 heterocycles. The number of ether oxygens (including phenoxy) is 5. The van der Waals surface area contributed by atoms with Crippen LogP contribution in [0, 0.1) is 0 Å². The summed E-state index contributed by atoms with van der Waals surface area (Å²) in [4.78, 5) is 26.6. The summed E-state index contributed by atoms with van der Waals surface area (Å²) in [5.41, 5.74) is 1.95. The fraction of sp³-hybridized carbons (Fsp3) is 0.312. The van der Waals surface area contributed by atoms with Gasteiger partial charge in [-0.05, 0) is 16.7 Å². The van der Waals surface area contributed by atoms with Gasteiger partial charge in [-0.2, -0.15) is 0 Å². The number of rotatable bonds is 12. The predicted molar refractivity (Wildman–Crippen MR) is 152 cm³/mol. The molecule has 0 saturated carbocycles. The van der Waals surface area contributed by atoms with E-state index in [2.05, 4.69) is 4.98 Å². The first-order valence-electron chi connectivity index (χ1n) is 13.6. The van der Waals surface area contributed by atoms with Crippen molar-refractivity contribution >= 4 is 0 Å². The average Bonchev–Trinajstić information content (AvgIpc) is 3.01. The second-order valence-corrected chi connectivity index (χ2v) is 9.82. The molecule has 1 N–H and O–H groups in total. The first-order valence-corrected chi connectivity index (χ1v) is 13.6. The van der Waals surface area contributed by atoms with Gasteiger partial charge >= 0.3 is 5.69 Å². The SMILES string of the molecule is COC1O[C@H](Cn2ccc(=O)[nH]c2=O)[C@@H](OCc2ccccc2)[C@H](OCc2ccccc2)[C@H]1OCc1ccccc1. The maximum absolute atomic E-state index is 12.6. The maximum Gasteiger partial charge on any atom is 0.328 e. The van der Waals surface area contributed by atoms with E-state index < -0.39 is 42.0 Å². The summed E-state index contributed by atoms with van der Waals surface area (Å²) < 4.78 is 33.1. The van der Waals surface area contributed by atoms with Gasteiger partial charge in [0.25, 0.3) is 5.56 Å². The van der Waals surface area contributed by atoms with Gasteiger partial charge in [-0.3, -0.25) is 14.3 Å². The normalized spacial score (nSPS) is 22.4. The van der Waals surface area contributed by atoms with Crippen LogP contribution in [0.2, 0.25) is 0 Å². The molecule has 214 valence electrons. The fourth-order valence-electron chi connectivity index (χ4n) is 4.86. The van der Waals surface area contributed by atoms with E-state index >= 15 is 0 Å². The molecule has 4 aromatic rings. The second-order valence-electron chi connectivity index (χ2n) is 9.82. The molecule has 0 aliphatic carbocycles. The number of hydrogen-bond acceptors (Lipinski definition) is 7. The molecule has 3 aromatic carbocycles. The Bertz CT molecular complexity index is 1460. The molecule has 9 nitrogen and oxygen atoms in total. The Morgan fingerprint density at radius 2 is 1.17 bits per heavy atom. The molecular formula is C32H34N2O7. The number of benzene rings is 3. The number of nitrogens with zero attached hydrogens (tertiary/aromatic N) is 1. The van der Waals surface area contributed by atoms with Crippen molar-refractivity contribution in [3.05, 3.63) is 141 Å². The zero-order chi connectivity index (χ0) is 28.4. The van der Waals surface area contributed by atoms with E-state index in [1.807, 2.05) is 91.0 Å². The first-order chi connectivity index (χ1) is 20.1. The molecule has 5 rings (SSSR count). The van der Waals surface area contributed by atoms with Gasteiger partial charge in [0, 0.05) is 19.4 Å². The molecule has 1 saturated heterocycles. The highest BCUT2D eigenvalue weighted by Gasteiger charge is 2.48. The average molecular weight is 559 g/mol. The molecule has 1 aliphatic heterocycles. The van der Waals surface area contributed by atoms with Crippen LogP contribution in [0.15, 0.2) is 113 Å². The van der Waals surface area contributed by atoms with E-state index in [0.717, 1.165) is 16.7 Å². The highest BCUT2D eigenvalue weighted by atomic mass is 16.7. The van der Waals surface area contributed by atoms with Gasteiger partial charge in [0.1, 0.15) is 24.4 Å². The lowest BCUT2D eigenvalue weighted by molar-refractivity contribution is -0.319. The molecule has 5 atom stereocenters. The van der Waals surface area contributed by atoms with Gasteiger partial charge in [-0.15, -0.1) is 0 Å². The van der Waals surface area contributed by atoms with E-state index in [1.54, 1.807) is 7.11 Å². The van der Waals surface area contributed by atoms with Crippen LogP contribution in [0.4, 0.5) is 0 Å². The summed E-state index contributed by atoms with van der Waals surface area (Å²) in [6.45, 7) is 1.02. The summed E-state index contributed by atoms with van der Waals surface area (Å²) in [5, 5.41) is 0. The monoisotopic (exact) mass is 558 g/mol. The van der Waals surface area contributed by atoms with Gasteiger partial charge in [0.2, 0.25) is 0 Å². The molecule has 1 unspecified atom stereocenters. The number of aromatic amines is 1. The van der Waals surface area contributed by atoms with E-state index in [1.165, 1.54) is 16.8 Å². The number of nitrogens with one attached hydrogen (secondary N) is 1. The summed E-state index contributed by atoms with van der Waals surface area (Å²) in [5.74, 6) is 0. The molecule has 1 aromatic heterocycles. The standard InChI is InChI=1S/C32H34N2O7/c1-37-31-30(40-22-25-15-9-4-10-16-25)29(39-21-24-13-7-3-8-14-24)28(38-20-23-11-5-2-6-12-23)26(41-31)19-34-18-17-27(35)33-32(34)36/h2-18,26,28-31H,19-22H2,1H3,(H,33,35,36)/t26-,28-,29+,30-,31?/m1/s1. The zero-order valence-electron chi connectivity index (χ0n) is 22.8. The first kappa shape index (κ1) is 28.7. The van der Waals surface area contributed by atoms with Crippen molar-refractivity contribution in [3.63, 3.8) is 0 Å². The van der Waals surface area contributed by atoms with Crippen molar-refractivity contribution in [2.24, 2.45) is 0 Å². The van der Waals surface area contributed by atoms with Gasteiger partial charge in [0.05, 0.1) is 26.4 Å². The molecule has 41 heavy (non-hydrogen) atoms. The minimum absolute atomic E-state index is 0.103. The molecule has 0 amide bonds. The van der Waals surface area contributed by atoms with E-state index in [9.17, 15) is 9.59 Å². The Morgan fingerprint density at radius 3 is 1.66 bits per heavy atom. The van der Waals surface area contributed by atoms with Crippen molar-refractivity contribution in [2.45, 2.75) is 57.1 Å². The third kappa shape index (κ3) is 7.66. The number of methoxy groups -OCH3 is 1. The van der Waals surface area contributed by atoms with E-state index in [-0.39, 0.29) is 6.54 Å². The number of H-pyrrole nitrogens is 1. The second kappa shape index (κ2) is 14.2. The lowest BCUT2D eigenvalue weighted by Gasteiger charge is -2.45. The molecule has 0 bridgehead atoms. The molecule has 1 fully saturated rings. The minimum Gasteiger partial charge on any atom is -0.368 e. The van der Waals surface area contributed by atoms with Crippen molar-refractivity contribution in [2.75, 3.05) is 7.11 Å². The summed E-state index contributed by atoms with van der Waals surface area (Å²) >= 11 is 0. The summed E-state index contributed by atoms with van der Waals surface area (Å²) in [7, 11) is 1.55. The van der Waals surface area contributed by atoms with E-state index in [4.69, 9.17) is 23.7 Å². The third-order valence-corrected chi connectivity index (χ3v) is 6.95. The van der Waals surface area contributed by atoms with Gasteiger partial charge < -0.3 is 23.7 Å². The van der Waals surface area contributed by atoms with Crippen molar-refractivity contribution in [3.8, 4) is 0 Å². The molecule has 9 heteroatoms. The summed E-state index contributed by atoms with van der Waals surface area (Å²) in [6, 6.07) is 30.8. The Morgan fingerprint density at radius 1 is 0.683 bits per heavy atom. The van der Waals surface area contributed by atoms with E-state index in [0.29, 0.717) is 19.8 Å². The Labute approximate surface area is 238 Å². The topological polar surface area (TPSA) is 101 Å². The van der Waals surface area contributed by atoms with Crippen molar-refractivity contribution in [1.82, 2.24) is 9.55 Å². The van der Waals surface area contributed by atoms with Crippen molar-refractivity contribution < 1.29 is 23.7 Å². The van der Waals surface area contributed by atoms with Gasteiger partial charge in [-0.1, -0.05) is 91.0 Å². The predicted octanol–water partition coefficient (Wildman–Crippen LogP) is 3.66. The lowest BCUT2D eigenvalue weighted by atomic mass is 9.97. The lowest BCUT2D eigenvalue weighted by Crippen LogP contribution is -2.61. The largest absolute Gasteiger partial charge is 0.368 e. The van der Waals surface area contributed by atoms with Gasteiger partial charge in [-0.25, -0.2) is 4.79 Å². The molecule has 1 aliphatic rings. The van der Waals surface area contributed by atoms with Crippen LogP contribution >= 0.6 is 0 Å². The summed E-state index contributed by atoms with van der Waals surface area (Å²) in [6.07, 6.45) is -1.94. The van der Waals surface area contributed by atoms with Crippen LogP contribution in [0.1, 0.15) is 16.7 Å². The third-order valence-electron chi connectivity index (χ3n) is 6.95. The van der Waals surface area contributed by atoms with Crippen LogP contribution < -0.4 is 11.2 Å². The molecular weight excluding hydrogens is 524 g/mol. The Hall–Kier alpha value is -3.86. The number of aromatic nitrogens is 2. The highest BCUT2D eigenvalue weighted by Crippen LogP contribution is 2.31. The zero-order valence-corrected chi connectivity index (χ0v) is 22.8. The van der Waals surface area contributed by atoms with Crippen LogP contribution in [0.25, 0.3) is 0 Å². The smallest absolute Gasteiger partial charge is 0.328 e. The van der Waals surface area contributed by atoms with Crippen LogP contribution in [0.3, 0.4) is 0 Å². The maximum atomic E-state index is 12.6. The van der Waals surface area contributed by atoms with Crippen molar-refractivity contribution in [1.29, 1.82) is 0 Å². The van der Waals surface area contributed by atoms with Crippen LogP contribution in [-0.4, -0.2) is 47.4 Å². The Kier molecular flexibility index (Phi) is 9.90. The number of hydrogen-bond donors (Lipinski definition) is 1. The Balaban J connectivity index is 1.47. The van der Waals surface area contributed by atoms with Gasteiger partial charge in [0.15, 0.2) is 6.29 Å². The quantitative estimate of drug-likeness (QED) is 0.283.